The quantitative estimate of drug-likeness (QED) is 0.0726. The fourth-order valence-corrected chi connectivity index (χ4v) is 10.6. The summed E-state index contributed by atoms with van der Waals surface area (Å²) in [6, 6.07) is 4.50. The van der Waals surface area contributed by atoms with Crippen molar-refractivity contribution in [3.05, 3.63) is 17.7 Å². The van der Waals surface area contributed by atoms with Gasteiger partial charge in [-0.05, 0) is 37.8 Å². The largest absolute Gasteiger partial charge is 0.504 e. The molecule has 2 aromatic rings. The van der Waals surface area contributed by atoms with Gasteiger partial charge in [-0.25, -0.2) is 0 Å². The van der Waals surface area contributed by atoms with E-state index in [1.807, 2.05) is 13.8 Å². The molecule has 5 rings (SSSR count). The van der Waals surface area contributed by atoms with Crippen LogP contribution in [0.5, 0.6) is 5.75 Å². The number of thiophene rings is 2. The van der Waals surface area contributed by atoms with Gasteiger partial charge in [-0.2, -0.15) is 0 Å². The zero-order valence-electron chi connectivity index (χ0n) is 34.4. The Hall–Kier alpha value is -0.910. The highest BCUT2D eigenvalue weighted by atomic mass is 32.1. The molecular weight excluding hydrogens is 714 g/mol. The predicted molar refractivity (Wildman–Crippen MR) is 228 cm³/mol. The van der Waals surface area contributed by atoms with Crippen LogP contribution in [0.2, 0.25) is 0 Å². The van der Waals surface area contributed by atoms with E-state index in [4.69, 9.17) is 23.4 Å². The van der Waals surface area contributed by atoms with Crippen molar-refractivity contribution in [2.75, 3.05) is 39.6 Å². The smallest absolute Gasteiger partial charge is 0.481 e. The summed E-state index contributed by atoms with van der Waals surface area (Å²) < 4.78 is 34.5. The molecule has 54 heavy (non-hydrogen) atoms. The summed E-state index contributed by atoms with van der Waals surface area (Å²) in [6.45, 7) is 10.5. The maximum absolute atomic E-state index is 9.95. The van der Waals surface area contributed by atoms with Gasteiger partial charge in [0.05, 0.1) is 23.0 Å². The molecule has 304 valence electrons. The van der Waals surface area contributed by atoms with Crippen LogP contribution in [0, 0.1) is 10.8 Å². The highest BCUT2D eigenvalue weighted by molar-refractivity contribution is 7.31. The topological polar surface area (TPSA) is 86.6 Å². The third-order valence-electron chi connectivity index (χ3n) is 11.9. The summed E-state index contributed by atoms with van der Waals surface area (Å²) in [5.74, 6) is 0.941. The molecule has 2 N–H and O–H groups in total. The molecule has 11 heteroatoms. The molecule has 5 heterocycles. The second-order valence-electron chi connectivity index (χ2n) is 17.5. The number of aliphatic hydroxyl groups is 2. The SMILES string of the molecule is CCCCCCCCCCCCC1(CCCCCCCCCCCC)Oc2cc(B3OCC(C)(CO)CO3)sc2-c2sc(B3OCC(C)(CO)CO3)cc21. The van der Waals surface area contributed by atoms with Gasteiger partial charge in [0, 0.05) is 52.4 Å². The molecule has 0 aliphatic carbocycles. The molecule has 0 bridgehead atoms. The van der Waals surface area contributed by atoms with E-state index in [0.717, 1.165) is 45.9 Å². The van der Waals surface area contributed by atoms with Crippen molar-refractivity contribution in [3.63, 3.8) is 0 Å². The van der Waals surface area contributed by atoms with E-state index in [2.05, 4.69) is 26.0 Å². The lowest BCUT2D eigenvalue weighted by molar-refractivity contribution is -0.0145. The lowest BCUT2D eigenvalue weighted by atomic mass is 9.77. The summed E-state index contributed by atoms with van der Waals surface area (Å²) in [5.41, 5.74) is 0.114. The summed E-state index contributed by atoms with van der Waals surface area (Å²) >= 11 is 3.48. The minimum atomic E-state index is -0.466. The van der Waals surface area contributed by atoms with Crippen molar-refractivity contribution >= 4 is 46.5 Å². The zero-order valence-corrected chi connectivity index (χ0v) is 36.0. The molecule has 3 aliphatic heterocycles. The van der Waals surface area contributed by atoms with Crippen LogP contribution in [0.4, 0.5) is 0 Å². The first-order valence-corrected chi connectivity index (χ1v) is 23.6. The number of unbranched alkanes of at least 4 members (excludes halogenated alkanes) is 18. The fraction of sp³-hybridized carbons (Fsp3) is 0.814. The molecule has 0 radical (unpaired) electrons. The predicted octanol–water partition coefficient (Wildman–Crippen LogP) is 10.2. The van der Waals surface area contributed by atoms with Crippen LogP contribution >= 0.6 is 22.7 Å². The van der Waals surface area contributed by atoms with E-state index in [-0.39, 0.29) is 24.0 Å². The Kier molecular flexibility index (Phi) is 18.2. The minimum absolute atomic E-state index is 0.0360. The van der Waals surface area contributed by atoms with Gasteiger partial charge in [0.1, 0.15) is 11.4 Å². The normalized spacial score (nSPS) is 18.8. The van der Waals surface area contributed by atoms with Gasteiger partial charge in [0.25, 0.3) is 0 Å². The Balaban J connectivity index is 1.33. The molecule has 0 unspecified atom stereocenters. The molecule has 2 saturated heterocycles. The Morgan fingerprint density at radius 2 is 0.907 bits per heavy atom. The summed E-state index contributed by atoms with van der Waals surface area (Å²) in [5, 5.41) is 19.8. The van der Waals surface area contributed by atoms with E-state index in [1.54, 1.807) is 22.7 Å². The molecule has 2 fully saturated rings. The summed E-state index contributed by atoms with van der Waals surface area (Å²) in [7, 11) is -0.914. The van der Waals surface area contributed by atoms with E-state index >= 15 is 0 Å². The van der Waals surface area contributed by atoms with Crippen molar-refractivity contribution < 1.29 is 33.6 Å². The number of ether oxygens (including phenoxy) is 1. The standard InChI is InChI=1S/C43H72B2O7S2/c1-5-7-9-11-13-15-17-19-21-23-25-43(26-24-22-20-18-16-14-12-10-8-6-2)35-27-37(44-48-31-41(3,29-46)32-49-44)53-39(35)40-36(52-43)28-38(54-40)45-50-33-42(4,30-47)34-51-45/h27-28,46-47H,5-26,29-34H2,1-4H3. The highest BCUT2D eigenvalue weighted by Crippen LogP contribution is 2.53. The van der Waals surface area contributed by atoms with Gasteiger partial charge in [0.2, 0.25) is 0 Å². The second-order valence-corrected chi connectivity index (χ2v) is 19.7. The maximum Gasteiger partial charge on any atom is 0.504 e. The van der Waals surface area contributed by atoms with Gasteiger partial charge in [-0.15, -0.1) is 22.7 Å². The van der Waals surface area contributed by atoms with E-state index in [0.29, 0.717) is 26.4 Å². The molecule has 0 atom stereocenters. The Morgan fingerprint density at radius 3 is 1.31 bits per heavy atom. The van der Waals surface area contributed by atoms with Crippen molar-refractivity contribution in [2.24, 2.45) is 10.8 Å². The maximum atomic E-state index is 9.95. The zero-order chi connectivity index (χ0) is 38.3. The highest BCUT2D eigenvalue weighted by Gasteiger charge is 2.46. The van der Waals surface area contributed by atoms with Crippen molar-refractivity contribution in [2.45, 2.75) is 175 Å². The third-order valence-corrected chi connectivity index (χ3v) is 14.4. The van der Waals surface area contributed by atoms with Crippen LogP contribution in [0.1, 0.15) is 175 Å². The number of aliphatic hydroxyl groups excluding tert-OH is 2. The van der Waals surface area contributed by atoms with Crippen LogP contribution in [0.3, 0.4) is 0 Å². The van der Waals surface area contributed by atoms with Crippen LogP contribution in [-0.2, 0) is 24.2 Å². The molecular formula is C43H72B2O7S2. The van der Waals surface area contributed by atoms with E-state index < -0.39 is 19.8 Å². The lowest BCUT2D eigenvalue weighted by Gasteiger charge is -2.38. The first-order chi connectivity index (χ1) is 26.3. The summed E-state index contributed by atoms with van der Waals surface area (Å²) in [6.07, 6.45) is 28.3. The van der Waals surface area contributed by atoms with Gasteiger partial charge >= 0.3 is 14.2 Å². The van der Waals surface area contributed by atoms with Crippen molar-refractivity contribution in [1.82, 2.24) is 0 Å². The van der Waals surface area contributed by atoms with Gasteiger partial charge in [-0.3, -0.25) is 0 Å². The Labute approximate surface area is 336 Å². The van der Waals surface area contributed by atoms with Crippen molar-refractivity contribution in [3.8, 4) is 15.5 Å². The minimum Gasteiger partial charge on any atom is -0.481 e. The molecule has 3 aliphatic rings. The molecule has 0 saturated carbocycles. The van der Waals surface area contributed by atoms with Crippen LogP contribution < -0.4 is 14.3 Å². The van der Waals surface area contributed by atoms with E-state index in [9.17, 15) is 10.2 Å². The van der Waals surface area contributed by atoms with Crippen LogP contribution in [-0.4, -0.2) is 64.1 Å². The molecule has 0 amide bonds. The van der Waals surface area contributed by atoms with Gasteiger partial charge in [-0.1, -0.05) is 143 Å². The molecule has 7 nitrogen and oxygen atoms in total. The third kappa shape index (κ3) is 12.3. The van der Waals surface area contributed by atoms with Gasteiger partial charge in [0.15, 0.2) is 0 Å². The number of fused-ring (bicyclic) bond motifs is 3. The van der Waals surface area contributed by atoms with Crippen LogP contribution in [0.15, 0.2) is 12.1 Å². The number of hydrogen-bond acceptors (Lipinski definition) is 9. The average molecular weight is 787 g/mol. The van der Waals surface area contributed by atoms with E-state index in [1.165, 1.54) is 126 Å². The Morgan fingerprint density at radius 1 is 0.537 bits per heavy atom. The molecule has 0 aromatic carbocycles. The second kappa shape index (κ2) is 22.3. The van der Waals surface area contributed by atoms with Crippen molar-refractivity contribution in [1.29, 1.82) is 0 Å². The number of rotatable bonds is 26. The lowest BCUT2D eigenvalue weighted by Crippen LogP contribution is -2.49. The Bertz CT molecular complexity index is 1330. The average Bonchev–Trinajstić information content (AvgIpc) is 3.83. The number of hydrogen-bond donors (Lipinski definition) is 2. The fourth-order valence-electron chi connectivity index (χ4n) is 8.13. The first-order valence-electron chi connectivity index (χ1n) is 21.9. The molecule has 2 aromatic heterocycles. The van der Waals surface area contributed by atoms with Crippen LogP contribution in [0.25, 0.3) is 9.75 Å². The first kappa shape index (κ1) is 44.2. The summed E-state index contributed by atoms with van der Waals surface area (Å²) in [4.78, 5) is 2.40. The monoisotopic (exact) mass is 786 g/mol. The molecule has 0 spiro atoms. The van der Waals surface area contributed by atoms with Gasteiger partial charge < -0.3 is 33.6 Å².